The Labute approximate surface area is 172 Å². The molecule has 3 aromatic rings. The van der Waals surface area contributed by atoms with Crippen LogP contribution in [0.2, 0.25) is 0 Å². The van der Waals surface area contributed by atoms with Gasteiger partial charge in [0.05, 0.1) is 13.2 Å². The van der Waals surface area contributed by atoms with Crippen molar-refractivity contribution in [2.24, 2.45) is 0 Å². The minimum atomic E-state index is 0.591. The number of rotatable bonds is 7. The molecule has 0 aliphatic rings. The molecule has 28 heavy (non-hydrogen) atoms. The van der Waals surface area contributed by atoms with Gasteiger partial charge in [0.25, 0.3) is 0 Å². The normalized spacial score (nSPS) is 10.5. The fourth-order valence-corrected chi connectivity index (χ4v) is 3.18. The van der Waals surface area contributed by atoms with Crippen molar-refractivity contribution in [3.8, 4) is 0 Å². The van der Waals surface area contributed by atoms with Gasteiger partial charge in [-0.2, -0.15) is 0 Å². The number of hydrogen-bond donors (Lipinski definition) is 2. The Hall–Kier alpha value is -2.69. The predicted molar refractivity (Wildman–Crippen MR) is 120 cm³/mol. The Balaban J connectivity index is 1.48. The monoisotopic (exact) mass is 390 g/mol. The molecule has 0 atom stereocenters. The number of aryl methyl sites for hydroxylation is 2. The van der Waals surface area contributed by atoms with Crippen molar-refractivity contribution in [2.75, 3.05) is 5.32 Å². The quantitative estimate of drug-likeness (QED) is 0.522. The van der Waals surface area contributed by atoms with Crippen molar-refractivity contribution in [1.82, 2.24) is 5.32 Å². The summed E-state index contributed by atoms with van der Waals surface area (Å²) in [4.78, 5) is 0. The van der Waals surface area contributed by atoms with Crippen LogP contribution >= 0.6 is 12.2 Å². The fraction of sp³-hybridized carbons (Fsp3) is 0.208. The van der Waals surface area contributed by atoms with Gasteiger partial charge in [0.1, 0.15) is 0 Å². The molecule has 0 amide bonds. The Kier molecular flexibility index (Phi) is 7.18. The molecule has 0 saturated carbocycles. The van der Waals surface area contributed by atoms with Gasteiger partial charge in [-0.05, 0) is 54.4 Å². The summed E-state index contributed by atoms with van der Waals surface area (Å²) in [7, 11) is 0. The summed E-state index contributed by atoms with van der Waals surface area (Å²) in [5.41, 5.74) is 6.97. The predicted octanol–water partition coefficient (Wildman–Crippen LogP) is 5.51. The number of hydrogen-bond acceptors (Lipinski definition) is 2. The summed E-state index contributed by atoms with van der Waals surface area (Å²) in [5, 5.41) is 7.17. The Morgan fingerprint density at radius 3 is 2.32 bits per heavy atom. The lowest BCUT2D eigenvalue weighted by Gasteiger charge is -2.13. The highest BCUT2D eigenvalue weighted by atomic mass is 32.1. The van der Waals surface area contributed by atoms with Crippen molar-refractivity contribution >= 4 is 23.0 Å². The summed E-state index contributed by atoms with van der Waals surface area (Å²) < 4.78 is 5.83. The zero-order chi connectivity index (χ0) is 19.8. The number of anilines is 1. The van der Waals surface area contributed by atoms with Gasteiger partial charge in [0, 0.05) is 12.2 Å². The van der Waals surface area contributed by atoms with E-state index >= 15 is 0 Å². The minimum Gasteiger partial charge on any atom is -0.372 e. The molecule has 0 unspecified atom stereocenters. The molecule has 0 saturated heterocycles. The van der Waals surface area contributed by atoms with E-state index in [1.165, 1.54) is 22.3 Å². The van der Waals surface area contributed by atoms with Crippen LogP contribution in [0.4, 0.5) is 5.69 Å². The molecule has 0 radical (unpaired) electrons. The number of nitrogens with one attached hydrogen (secondary N) is 2. The Bertz CT molecular complexity index is 925. The first-order valence-electron chi connectivity index (χ1n) is 9.42. The summed E-state index contributed by atoms with van der Waals surface area (Å²) >= 11 is 5.44. The third-order valence-electron chi connectivity index (χ3n) is 4.45. The maximum Gasteiger partial charge on any atom is 0.171 e. The van der Waals surface area contributed by atoms with Crippen LogP contribution in [0.1, 0.15) is 27.8 Å². The summed E-state index contributed by atoms with van der Waals surface area (Å²) in [6.07, 6.45) is 0. The molecule has 0 aliphatic heterocycles. The van der Waals surface area contributed by atoms with E-state index in [4.69, 9.17) is 17.0 Å². The Morgan fingerprint density at radius 2 is 1.54 bits per heavy atom. The van der Waals surface area contributed by atoms with E-state index in [0.29, 0.717) is 24.9 Å². The molecule has 144 valence electrons. The zero-order valence-corrected chi connectivity index (χ0v) is 17.2. The van der Waals surface area contributed by atoms with Crippen LogP contribution < -0.4 is 10.6 Å². The average molecular weight is 391 g/mol. The van der Waals surface area contributed by atoms with Crippen molar-refractivity contribution < 1.29 is 4.74 Å². The van der Waals surface area contributed by atoms with E-state index in [2.05, 4.69) is 79.1 Å². The maximum atomic E-state index is 5.83. The lowest BCUT2D eigenvalue weighted by molar-refractivity contribution is 0.107. The third kappa shape index (κ3) is 6.19. The van der Waals surface area contributed by atoms with Gasteiger partial charge in [-0.1, -0.05) is 72.3 Å². The highest BCUT2D eigenvalue weighted by Gasteiger charge is 2.03. The molecule has 0 aliphatic carbocycles. The number of benzene rings is 3. The van der Waals surface area contributed by atoms with Gasteiger partial charge in [0.2, 0.25) is 0 Å². The Morgan fingerprint density at radius 1 is 0.821 bits per heavy atom. The van der Waals surface area contributed by atoms with E-state index in [9.17, 15) is 0 Å². The van der Waals surface area contributed by atoms with E-state index in [-0.39, 0.29) is 0 Å². The molecule has 3 rings (SSSR count). The van der Waals surface area contributed by atoms with E-state index in [1.54, 1.807) is 0 Å². The van der Waals surface area contributed by atoms with Gasteiger partial charge in [-0.25, -0.2) is 0 Å². The average Bonchev–Trinajstić information content (AvgIpc) is 2.70. The first-order valence-corrected chi connectivity index (χ1v) is 9.82. The molecule has 0 bridgehead atoms. The topological polar surface area (TPSA) is 33.3 Å². The zero-order valence-electron chi connectivity index (χ0n) is 16.4. The second-order valence-corrected chi connectivity index (χ2v) is 7.33. The molecule has 3 nitrogen and oxygen atoms in total. The second-order valence-electron chi connectivity index (χ2n) is 6.92. The molecule has 3 aromatic carbocycles. The summed E-state index contributed by atoms with van der Waals surface area (Å²) in [6.45, 7) is 6.05. The first kappa shape index (κ1) is 20.1. The first-order chi connectivity index (χ1) is 13.6. The van der Waals surface area contributed by atoms with Gasteiger partial charge >= 0.3 is 0 Å². The summed E-state index contributed by atoms with van der Waals surface area (Å²) in [5.74, 6) is 0. The lowest BCUT2D eigenvalue weighted by Crippen LogP contribution is -2.28. The van der Waals surface area contributed by atoms with Crippen LogP contribution in [0.3, 0.4) is 0 Å². The van der Waals surface area contributed by atoms with Crippen molar-refractivity contribution in [2.45, 2.75) is 33.6 Å². The van der Waals surface area contributed by atoms with Gasteiger partial charge in [-0.3, -0.25) is 0 Å². The minimum absolute atomic E-state index is 0.591. The highest BCUT2D eigenvalue weighted by Crippen LogP contribution is 2.16. The van der Waals surface area contributed by atoms with Crippen LogP contribution in [0.5, 0.6) is 0 Å². The van der Waals surface area contributed by atoms with Crippen LogP contribution in [0.15, 0.2) is 72.8 Å². The third-order valence-corrected chi connectivity index (χ3v) is 4.70. The fourth-order valence-electron chi connectivity index (χ4n) is 2.99. The van der Waals surface area contributed by atoms with Crippen molar-refractivity contribution in [1.29, 1.82) is 0 Å². The van der Waals surface area contributed by atoms with Gasteiger partial charge in [-0.15, -0.1) is 0 Å². The van der Waals surface area contributed by atoms with Crippen LogP contribution in [0.25, 0.3) is 0 Å². The smallest absolute Gasteiger partial charge is 0.171 e. The molecule has 0 spiro atoms. The second kappa shape index (κ2) is 10.0. The van der Waals surface area contributed by atoms with E-state index in [1.807, 2.05) is 18.2 Å². The lowest BCUT2D eigenvalue weighted by atomic mass is 10.1. The van der Waals surface area contributed by atoms with Gasteiger partial charge < -0.3 is 15.4 Å². The maximum absolute atomic E-state index is 5.83. The van der Waals surface area contributed by atoms with E-state index in [0.717, 1.165) is 11.3 Å². The number of thiocarbonyl (C=S) groups is 1. The standard InChI is InChI=1S/C24H26N2OS/c1-18-11-12-23(19(2)13-18)26-24(28)25-15-21-9-6-10-22(14-21)17-27-16-20-7-4-3-5-8-20/h3-14H,15-17H2,1-2H3,(H2,25,26,28). The molecule has 4 heteroatoms. The molecule has 0 fully saturated rings. The van der Waals surface area contributed by atoms with Crippen molar-refractivity contribution in [3.63, 3.8) is 0 Å². The molecular weight excluding hydrogens is 364 g/mol. The van der Waals surface area contributed by atoms with Crippen LogP contribution in [-0.4, -0.2) is 5.11 Å². The SMILES string of the molecule is Cc1ccc(NC(=S)NCc2cccc(COCc3ccccc3)c2)c(C)c1. The van der Waals surface area contributed by atoms with Crippen LogP contribution in [0, 0.1) is 13.8 Å². The molecule has 2 N–H and O–H groups in total. The highest BCUT2D eigenvalue weighted by molar-refractivity contribution is 7.80. The number of ether oxygens (including phenoxy) is 1. The molecule has 0 heterocycles. The molecular formula is C24H26N2OS. The largest absolute Gasteiger partial charge is 0.372 e. The van der Waals surface area contributed by atoms with Crippen LogP contribution in [-0.2, 0) is 24.5 Å². The summed E-state index contributed by atoms with van der Waals surface area (Å²) in [6, 6.07) is 24.9. The van der Waals surface area contributed by atoms with E-state index < -0.39 is 0 Å². The van der Waals surface area contributed by atoms with Gasteiger partial charge in [0.15, 0.2) is 5.11 Å². The molecule has 0 aromatic heterocycles. The van der Waals surface area contributed by atoms with Crippen molar-refractivity contribution in [3.05, 3.63) is 101 Å².